The molecule has 2 rings (SSSR count). The van der Waals surface area contributed by atoms with Crippen LogP contribution in [0.2, 0.25) is 0 Å². The summed E-state index contributed by atoms with van der Waals surface area (Å²) in [6, 6.07) is 10.6. The standard InChI is InChI=1S/C18H23FN4O/c1-3-20-18(22-12-10-14-7-4-5-9-16(14)19)23-13-15-8-6-11-21-17(15)24-2/h4-9,11H,3,10,12-13H2,1-2H3,(H2,20,22,23). The molecule has 0 atom stereocenters. The minimum Gasteiger partial charge on any atom is -0.481 e. The lowest BCUT2D eigenvalue weighted by Gasteiger charge is -2.12. The number of ether oxygens (including phenoxy) is 1. The van der Waals surface area contributed by atoms with Gasteiger partial charge in [-0.25, -0.2) is 14.4 Å². The summed E-state index contributed by atoms with van der Waals surface area (Å²) in [5.41, 5.74) is 1.60. The molecule has 0 spiro atoms. The van der Waals surface area contributed by atoms with Gasteiger partial charge in [0.15, 0.2) is 5.96 Å². The molecule has 6 heteroatoms. The van der Waals surface area contributed by atoms with Gasteiger partial charge in [-0.3, -0.25) is 0 Å². The number of pyridine rings is 1. The maximum absolute atomic E-state index is 13.6. The van der Waals surface area contributed by atoms with E-state index < -0.39 is 0 Å². The van der Waals surface area contributed by atoms with Gasteiger partial charge in [0.05, 0.1) is 13.7 Å². The number of rotatable bonds is 7. The number of aromatic nitrogens is 1. The highest BCUT2D eigenvalue weighted by Gasteiger charge is 2.04. The first-order valence-corrected chi connectivity index (χ1v) is 7.98. The number of nitrogens with zero attached hydrogens (tertiary/aromatic N) is 2. The Morgan fingerprint density at radius 3 is 2.71 bits per heavy atom. The van der Waals surface area contributed by atoms with Crippen LogP contribution in [0, 0.1) is 5.82 Å². The van der Waals surface area contributed by atoms with Crippen molar-refractivity contribution in [3.05, 3.63) is 59.5 Å². The Morgan fingerprint density at radius 1 is 1.17 bits per heavy atom. The van der Waals surface area contributed by atoms with E-state index in [9.17, 15) is 4.39 Å². The van der Waals surface area contributed by atoms with E-state index in [1.54, 1.807) is 25.4 Å². The summed E-state index contributed by atoms with van der Waals surface area (Å²) in [5, 5.41) is 6.39. The van der Waals surface area contributed by atoms with Crippen molar-refractivity contribution in [1.29, 1.82) is 0 Å². The average Bonchev–Trinajstić information content (AvgIpc) is 2.61. The van der Waals surface area contributed by atoms with Crippen molar-refractivity contribution in [2.75, 3.05) is 20.2 Å². The van der Waals surface area contributed by atoms with Gasteiger partial charge in [0.25, 0.3) is 0 Å². The second-order valence-corrected chi connectivity index (χ2v) is 5.14. The molecule has 24 heavy (non-hydrogen) atoms. The Morgan fingerprint density at radius 2 is 1.96 bits per heavy atom. The van der Waals surface area contributed by atoms with Gasteiger partial charge in [-0.15, -0.1) is 0 Å². The number of guanidine groups is 1. The van der Waals surface area contributed by atoms with Crippen LogP contribution in [0.25, 0.3) is 0 Å². The van der Waals surface area contributed by atoms with Crippen LogP contribution in [0.4, 0.5) is 4.39 Å². The van der Waals surface area contributed by atoms with E-state index in [1.165, 1.54) is 6.07 Å². The summed E-state index contributed by atoms with van der Waals surface area (Å²) < 4.78 is 18.8. The summed E-state index contributed by atoms with van der Waals surface area (Å²) in [7, 11) is 1.59. The third-order valence-electron chi connectivity index (χ3n) is 3.44. The number of benzene rings is 1. The van der Waals surface area contributed by atoms with Crippen LogP contribution in [0.1, 0.15) is 18.1 Å². The number of aliphatic imine (C=N–C) groups is 1. The van der Waals surface area contributed by atoms with E-state index in [1.807, 2.05) is 25.1 Å². The number of nitrogens with one attached hydrogen (secondary N) is 2. The zero-order valence-electron chi connectivity index (χ0n) is 14.1. The summed E-state index contributed by atoms with van der Waals surface area (Å²) >= 11 is 0. The molecular formula is C18H23FN4O. The molecule has 0 bridgehead atoms. The second-order valence-electron chi connectivity index (χ2n) is 5.14. The predicted octanol–water partition coefficient (Wildman–Crippen LogP) is 2.53. The van der Waals surface area contributed by atoms with Crippen LogP contribution < -0.4 is 15.4 Å². The molecule has 1 aromatic heterocycles. The topological polar surface area (TPSA) is 58.5 Å². The molecule has 0 fully saturated rings. The number of hydrogen-bond acceptors (Lipinski definition) is 3. The fraction of sp³-hybridized carbons (Fsp3) is 0.333. The average molecular weight is 330 g/mol. The van der Waals surface area contributed by atoms with Gasteiger partial charge < -0.3 is 15.4 Å². The van der Waals surface area contributed by atoms with Crippen molar-refractivity contribution < 1.29 is 9.13 Å². The fourth-order valence-electron chi connectivity index (χ4n) is 2.25. The Balaban J connectivity index is 1.94. The largest absolute Gasteiger partial charge is 0.481 e. The van der Waals surface area contributed by atoms with Gasteiger partial charge in [-0.1, -0.05) is 24.3 Å². The minimum atomic E-state index is -0.179. The third-order valence-corrected chi connectivity index (χ3v) is 3.44. The fourth-order valence-corrected chi connectivity index (χ4v) is 2.25. The Labute approximate surface area is 142 Å². The van der Waals surface area contributed by atoms with Crippen LogP contribution in [0.15, 0.2) is 47.6 Å². The van der Waals surface area contributed by atoms with E-state index in [0.717, 1.165) is 12.1 Å². The van der Waals surface area contributed by atoms with Crippen LogP contribution in [-0.2, 0) is 13.0 Å². The zero-order valence-corrected chi connectivity index (χ0v) is 14.1. The van der Waals surface area contributed by atoms with Gasteiger partial charge >= 0.3 is 0 Å². The zero-order chi connectivity index (χ0) is 17.2. The maximum atomic E-state index is 13.6. The lowest BCUT2D eigenvalue weighted by atomic mass is 10.1. The molecule has 2 aromatic rings. The Kier molecular flexibility index (Phi) is 7.01. The SMILES string of the molecule is CCNC(=NCc1cccnc1OC)NCCc1ccccc1F. The molecule has 128 valence electrons. The molecule has 1 aromatic carbocycles. The molecule has 0 aliphatic rings. The molecule has 0 radical (unpaired) electrons. The van der Waals surface area contributed by atoms with E-state index in [0.29, 0.717) is 36.9 Å². The minimum absolute atomic E-state index is 0.179. The number of hydrogen-bond donors (Lipinski definition) is 2. The normalized spacial score (nSPS) is 11.2. The molecule has 0 saturated heterocycles. The summed E-state index contributed by atoms with van der Waals surface area (Å²) in [6.07, 6.45) is 2.28. The van der Waals surface area contributed by atoms with E-state index in [2.05, 4.69) is 20.6 Å². The first kappa shape index (κ1) is 17.7. The quantitative estimate of drug-likeness (QED) is 0.605. The molecule has 1 heterocycles. The van der Waals surface area contributed by atoms with Gasteiger partial charge in [0.1, 0.15) is 5.82 Å². The molecule has 5 nitrogen and oxygen atoms in total. The van der Waals surface area contributed by atoms with Crippen LogP contribution in [-0.4, -0.2) is 31.1 Å². The van der Waals surface area contributed by atoms with Crippen molar-refractivity contribution in [1.82, 2.24) is 15.6 Å². The van der Waals surface area contributed by atoms with E-state index in [-0.39, 0.29) is 5.82 Å². The van der Waals surface area contributed by atoms with Gasteiger partial charge in [0, 0.05) is 24.8 Å². The molecule has 0 aliphatic carbocycles. The second kappa shape index (κ2) is 9.50. The van der Waals surface area contributed by atoms with Crippen molar-refractivity contribution in [2.24, 2.45) is 4.99 Å². The van der Waals surface area contributed by atoms with Crippen LogP contribution in [0.3, 0.4) is 0 Å². The van der Waals surface area contributed by atoms with Crippen LogP contribution >= 0.6 is 0 Å². The molecule has 0 unspecified atom stereocenters. The maximum Gasteiger partial charge on any atom is 0.218 e. The van der Waals surface area contributed by atoms with Gasteiger partial charge in [-0.05, 0) is 31.0 Å². The van der Waals surface area contributed by atoms with Crippen molar-refractivity contribution in [3.8, 4) is 5.88 Å². The first-order valence-electron chi connectivity index (χ1n) is 7.98. The lowest BCUT2D eigenvalue weighted by molar-refractivity contribution is 0.392. The highest BCUT2D eigenvalue weighted by atomic mass is 19.1. The smallest absolute Gasteiger partial charge is 0.218 e. The summed E-state index contributed by atoms with van der Waals surface area (Å²) in [6.45, 7) is 3.79. The molecular weight excluding hydrogens is 307 g/mol. The molecule has 0 amide bonds. The lowest BCUT2D eigenvalue weighted by Crippen LogP contribution is -2.38. The number of methoxy groups -OCH3 is 1. The predicted molar refractivity (Wildman–Crippen MR) is 93.7 cm³/mol. The van der Waals surface area contributed by atoms with Crippen molar-refractivity contribution >= 4 is 5.96 Å². The van der Waals surface area contributed by atoms with Crippen LogP contribution in [0.5, 0.6) is 5.88 Å². The Hall–Kier alpha value is -2.63. The van der Waals surface area contributed by atoms with Crippen molar-refractivity contribution in [3.63, 3.8) is 0 Å². The highest BCUT2D eigenvalue weighted by Crippen LogP contribution is 2.14. The third kappa shape index (κ3) is 5.22. The Bertz CT molecular complexity index is 676. The molecule has 2 N–H and O–H groups in total. The van der Waals surface area contributed by atoms with E-state index >= 15 is 0 Å². The van der Waals surface area contributed by atoms with Crippen molar-refractivity contribution in [2.45, 2.75) is 19.9 Å². The molecule has 0 saturated carbocycles. The molecule has 0 aliphatic heterocycles. The van der Waals surface area contributed by atoms with Gasteiger partial charge in [-0.2, -0.15) is 0 Å². The number of halogens is 1. The highest BCUT2D eigenvalue weighted by molar-refractivity contribution is 5.79. The summed E-state index contributed by atoms with van der Waals surface area (Å²) in [5.74, 6) is 1.07. The first-order chi connectivity index (χ1) is 11.7. The summed E-state index contributed by atoms with van der Waals surface area (Å²) in [4.78, 5) is 8.69. The van der Waals surface area contributed by atoms with Gasteiger partial charge in [0.2, 0.25) is 5.88 Å². The monoisotopic (exact) mass is 330 g/mol. The van der Waals surface area contributed by atoms with E-state index in [4.69, 9.17) is 4.74 Å².